The van der Waals surface area contributed by atoms with Crippen molar-refractivity contribution in [3.8, 4) is 0 Å². The summed E-state index contributed by atoms with van der Waals surface area (Å²) in [6, 6.07) is 7.21. The Kier molecular flexibility index (Phi) is 5.42. The molecule has 1 saturated heterocycles. The largest absolute Gasteiger partial charge is 0.480 e. The SMILES string of the molecule is CC(C)(C)c1ccccc1NC(=O)CN1CCCCC1C(=O)O. The number of nitrogens with zero attached hydrogens (tertiary/aromatic N) is 1. The molecular formula is C18H26N2O3. The Balaban J connectivity index is 2.07. The summed E-state index contributed by atoms with van der Waals surface area (Å²) in [6.07, 6.45) is 2.46. The fraction of sp³-hybridized carbons (Fsp3) is 0.556. The molecule has 0 aromatic heterocycles. The maximum Gasteiger partial charge on any atom is 0.320 e. The van der Waals surface area contributed by atoms with Crippen molar-refractivity contribution in [2.45, 2.75) is 51.5 Å². The van der Waals surface area contributed by atoms with E-state index in [1.165, 1.54) is 0 Å². The van der Waals surface area contributed by atoms with Crippen molar-refractivity contribution in [3.05, 3.63) is 29.8 Å². The zero-order chi connectivity index (χ0) is 17.0. The zero-order valence-electron chi connectivity index (χ0n) is 14.1. The average molecular weight is 318 g/mol. The third-order valence-electron chi connectivity index (χ3n) is 4.25. The van der Waals surface area contributed by atoms with Crippen molar-refractivity contribution >= 4 is 17.6 Å². The lowest BCUT2D eigenvalue weighted by Crippen LogP contribution is -2.47. The first kappa shape index (κ1) is 17.5. The second-order valence-corrected chi connectivity index (χ2v) is 7.16. The number of carboxylic acid groups (broad SMARTS) is 1. The lowest BCUT2D eigenvalue weighted by atomic mass is 9.86. The van der Waals surface area contributed by atoms with Crippen LogP contribution in [0.15, 0.2) is 24.3 Å². The van der Waals surface area contributed by atoms with E-state index in [1.807, 2.05) is 24.3 Å². The fourth-order valence-corrected chi connectivity index (χ4v) is 3.08. The Labute approximate surface area is 137 Å². The lowest BCUT2D eigenvalue weighted by molar-refractivity contribution is -0.145. The van der Waals surface area contributed by atoms with Crippen LogP contribution in [-0.4, -0.2) is 41.0 Å². The first-order chi connectivity index (χ1) is 10.8. The van der Waals surface area contributed by atoms with Gasteiger partial charge in [-0.25, -0.2) is 0 Å². The number of hydrogen-bond acceptors (Lipinski definition) is 3. The van der Waals surface area contributed by atoms with Crippen LogP contribution >= 0.6 is 0 Å². The molecule has 1 amide bonds. The quantitative estimate of drug-likeness (QED) is 0.895. The normalized spacial score (nSPS) is 19.3. The van der Waals surface area contributed by atoms with Gasteiger partial charge in [-0.1, -0.05) is 45.4 Å². The number of hydrogen-bond donors (Lipinski definition) is 2. The average Bonchev–Trinajstić information content (AvgIpc) is 2.47. The number of rotatable bonds is 4. The third kappa shape index (κ3) is 4.55. The monoisotopic (exact) mass is 318 g/mol. The molecule has 1 atom stereocenters. The Hall–Kier alpha value is -1.88. The van der Waals surface area contributed by atoms with Crippen LogP contribution in [0.25, 0.3) is 0 Å². The van der Waals surface area contributed by atoms with Gasteiger partial charge in [-0.15, -0.1) is 0 Å². The predicted molar refractivity (Wildman–Crippen MR) is 90.6 cm³/mol. The van der Waals surface area contributed by atoms with Gasteiger partial charge in [-0.05, 0) is 36.4 Å². The van der Waals surface area contributed by atoms with Gasteiger partial charge in [0.15, 0.2) is 0 Å². The Bertz CT molecular complexity index is 578. The molecule has 1 heterocycles. The third-order valence-corrected chi connectivity index (χ3v) is 4.25. The van der Waals surface area contributed by atoms with Crippen LogP contribution in [0.3, 0.4) is 0 Å². The Morgan fingerprint density at radius 2 is 1.96 bits per heavy atom. The summed E-state index contributed by atoms with van der Waals surface area (Å²) in [6.45, 7) is 7.08. The number of amides is 1. The van der Waals surface area contributed by atoms with Gasteiger partial charge in [0.25, 0.3) is 0 Å². The molecular weight excluding hydrogens is 292 g/mol. The fourth-order valence-electron chi connectivity index (χ4n) is 3.08. The molecule has 0 saturated carbocycles. The van der Waals surface area contributed by atoms with Crippen molar-refractivity contribution in [1.29, 1.82) is 0 Å². The highest BCUT2D eigenvalue weighted by atomic mass is 16.4. The number of anilines is 1. The smallest absolute Gasteiger partial charge is 0.320 e. The van der Waals surface area contributed by atoms with E-state index < -0.39 is 12.0 Å². The minimum absolute atomic E-state index is 0.0708. The molecule has 1 fully saturated rings. The Morgan fingerprint density at radius 1 is 1.26 bits per heavy atom. The van der Waals surface area contributed by atoms with Crippen LogP contribution in [0.4, 0.5) is 5.69 Å². The zero-order valence-corrected chi connectivity index (χ0v) is 14.1. The minimum Gasteiger partial charge on any atom is -0.480 e. The molecule has 0 bridgehead atoms. The summed E-state index contributed by atoms with van der Waals surface area (Å²) in [5.74, 6) is -0.998. The number of carbonyl (C=O) groups is 2. The van der Waals surface area contributed by atoms with Crippen LogP contribution in [0.2, 0.25) is 0 Å². The van der Waals surface area contributed by atoms with Crippen LogP contribution in [0.5, 0.6) is 0 Å². The van der Waals surface area contributed by atoms with Crippen molar-refractivity contribution in [1.82, 2.24) is 4.90 Å². The molecule has 126 valence electrons. The maximum atomic E-state index is 12.4. The molecule has 1 aromatic rings. The van der Waals surface area contributed by atoms with Gasteiger partial charge in [0.2, 0.25) is 5.91 Å². The summed E-state index contributed by atoms with van der Waals surface area (Å²) < 4.78 is 0. The molecule has 5 nitrogen and oxygen atoms in total. The van der Waals surface area contributed by atoms with Gasteiger partial charge < -0.3 is 10.4 Å². The highest BCUT2D eigenvalue weighted by Gasteiger charge is 2.30. The van der Waals surface area contributed by atoms with E-state index >= 15 is 0 Å². The topological polar surface area (TPSA) is 69.6 Å². The van der Waals surface area contributed by atoms with Crippen molar-refractivity contribution < 1.29 is 14.7 Å². The van der Waals surface area contributed by atoms with Crippen molar-refractivity contribution in [2.75, 3.05) is 18.4 Å². The standard InChI is InChI=1S/C18H26N2O3/c1-18(2,3)13-8-4-5-9-14(13)19-16(21)12-20-11-7-6-10-15(20)17(22)23/h4-5,8-9,15H,6-7,10-12H2,1-3H3,(H,19,21)(H,22,23). The van der Waals surface area contributed by atoms with Crippen LogP contribution in [-0.2, 0) is 15.0 Å². The molecule has 1 aromatic carbocycles. The van der Waals surface area contributed by atoms with Gasteiger partial charge in [0, 0.05) is 5.69 Å². The molecule has 1 unspecified atom stereocenters. The molecule has 0 aliphatic carbocycles. The second kappa shape index (κ2) is 7.13. The number of nitrogens with one attached hydrogen (secondary N) is 1. The summed E-state index contributed by atoms with van der Waals surface area (Å²) >= 11 is 0. The van der Waals surface area contributed by atoms with Gasteiger partial charge in [0.1, 0.15) is 6.04 Å². The number of aliphatic carboxylic acids is 1. The predicted octanol–water partition coefficient (Wildman–Crippen LogP) is 2.86. The molecule has 1 aliphatic heterocycles. The molecule has 2 N–H and O–H groups in total. The van der Waals surface area contributed by atoms with Crippen LogP contribution < -0.4 is 5.32 Å². The number of benzene rings is 1. The summed E-state index contributed by atoms with van der Waals surface area (Å²) in [4.78, 5) is 25.5. The van der Waals surface area contributed by atoms with Crippen molar-refractivity contribution in [3.63, 3.8) is 0 Å². The lowest BCUT2D eigenvalue weighted by Gasteiger charge is -2.32. The number of carboxylic acids is 1. The van der Waals surface area contributed by atoms with Gasteiger partial charge in [-0.2, -0.15) is 0 Å². The van der Waals surface area contributed by atoms with Gasteiger partial charge in [0.05, 0.1) is 6.54 Å². The van der Waals surface area contributed by atoms with E-state index in [-0.39, 0.29) is 17.9 Å². The van der Waals surface area contributed by atoms with E-state index in [0.29, 0.717) is 13.0 Å². The molecule has 1 aliphatic rings. The first-order valence-electron chi connectivity index (χ1n) is 8.15. The van der Waals surface area contributed by atoms with Crippen LogP contribution in [0.1, 0.15) is 45.6 Å². The van der Waals surface area contributed by atoms with E-state index in [4.69, 9.17) is 0 Å². The second-order valence-electron chi connectivity index (χ2n) is 7.16. The van der Waals surface area contributed by atoms with E-state index in [0.717, 1.165) is 24.1 Å². The van der Waals surface area contributed by atoms with Gasteiger partial charge in [-0.3, -0.25) is 14.5 Å². The number of piperidine rings is 1. The molecule has 2 rings (SSSR count). The van der Waals surface area contributed by atoms with E-state index in [1.54, 1.807) is 4.90 Å². The van der Waals surface area contributed by atoms with E-state index in [2.05, 4.69) is 26.1 Å². The van der Waals surface area contributed by atoms with E-state index in [9.17, 15) is 14.7 Å². The Morgan fingerprint density at radius 3 is 2.61 bits per heavy atom. The van der Waals surface area contributed by atoms with Crippen molar-refractivity contribution in [2.24, 2.45) is 0 Å². The van der Waals surface area contributed by atoms with Crippen LogP contribution in [0, 0.1) is 0 Å². The molecule has 0 spiro atoms. The number of likely N-dealkylation sites (tertiary alicyclic amines) is 1. The summed E-state index contributed by atoms with van der Waals surface area (Å²) in [5.41, 5.74) is 1.80. The highest BCUT2D eigenvalue weighted by Crippen LogP contribution is 2.29. The van der Waals surface area contributed by atoms with Gasteiger partial charge >= 0.3 is 5.97 Å². The maximum absolute atomic E-state index is 12.4. The molecule has 0 radical (unpaired) electrons. The first-order valence-corrected chi connectivity index (χ1v) is 8.15. The molecule has 5 heteroatoms. The summed E-state index contributed by atoms with van der Waals surface area (Å²) in [7, 11) is 0. The summed E-state index contributed by atoms with van der Waals surface area (Å²) in [5, 5.41) is 12.2. The minimum atomic E-state index is -0.840. The number of carbonyl (C=O) groups excluding carboxylic acids is 1. The highest BCUT2D eigenvalue weighted by molar-refractivity contribution is 5.93. The number of para-hydroxylation sites is 1. The molecule has 23 heavy (non-hydrogen) atoms.